The van der Waals surface area contributed by atoms with E-state index in [0.29, 0.717) is 12.0 Å². The van der Waals surface area contributed by atoms with E-state index in [9.17, 15) is 0 Å². The Bertz CT molecular complexity index is 859. The number of dihydropyridines is 1. The number of hydrogen-bond donors (Lipinski definition) is 0. The van der Waals surface area contributed by atoms with E-state index < -0.39 is 0 Å². The number of aliphatic imine (C=N–C) groups is 1. The number of nitrogens with zero attached hydrogens (tertiary/aromatic N) is 2. The largest absolute Gasteiger partial charge is 0.341 e. The summed E-state index contributed by atoms with van der Waals surface area (Å²) in [5.74, 6) is 5.50. The van der Waals surface area contributed by atoms with Crippen molar-refractivity contribution in [2.75, 3.05) is 6.54 Å². The van der Waals surface area contributed by atoms with Gasteiger partial charge in [-0.3, -0.25) is 4.99 Å². The van der Waals surface area contributed by atoms with Crippen LogP contribution in [0.3, 0.4) is 0 Å². The number of fused-ring (bicyclic) bond motifs is 6. The summed E-state index contributed by atoms with van der Waals surface area (Å²) >= 11 is 0. The van der Waals surface area contributed by atoms with Crippen molar-refractivity contribution in [2.45, 2.75) is 70.3 Å². The first-order valence-corrected chi connectivity index (χ1v) is 12.5. The fourth-order valence-electron chi connectivity index (χ4n) is 8.28. The molecule has 0 bridgehead atoms. The zero-order valence-corrected chi connectivity index (χ0v) is 17.6. The van der Waals surface area contributed by atoms with Crippen molar-refractivity contribution >= 4 is 6.21 Å². The Balaban J connectivity index is 1.28. The molecule has 2 nitrogen and oxygen atoms in total. The molecule has 3 fully saturated rings. The van der Waals surface area contributed by atoms with Crippen LogP contribution in [0.25, 0.3) is 0 Å². The highest BCUT2D eigenvalue weighted by molar-refractivity contribution is 5.74. The quantitative estimate of drug-likeness (QED) is 0.565. The maximum absolute atomic E-state index is 4.70. The van der Waals surface area contributed by atoms with E-state index in [4.69, 9.17) is 4.99 Å². The van der Waals surface area contributed by atoms with Gasteiger partial charge in [-0.15, -0.1) is 0 Å². The second-order valence-electron chi connectivity index (χ2n) is 10.8. The molecule has 6 atom stereocenters. The molecule has 4 unspecified atom stereocenters. The highest BCUT2D eigenvalue weighted by atomic mass is 15.2. The minimum Gasteiger partial charge on any atom is -0.341 e. The van der Waals surface area contributed by atoms with Crippen molar-refractivity contribution < 1.29 is 0 Å². The van der Waals surface area contributed by atoms with Gasteiger partial charge in [0, 0.05) is 36.0 Å². The first kappa shape index (κ1) is 17.1. The van der Waals surface area contributed by atoms with Crippen LogP contribution in [-0.2, 0) is 0 Å². The number of rotatable bonds is 2. The van der Waals surface area contributed by atoms with Crippen LogP contribution in [-0.4, -0.2) is 23.7 Å². The van der Waals surface area contributed by atoms with Gasteiger partial charge in [0.15, 0.2) is 0 Å². The van der Waals surface area contributed by atoms with Gasteiger partial charge in [0.25, 0.3) is 0 Å². The first-order chi connectivity index (χ1) is 14.4. The molecule has 29 heavy (non-hydrogen) atoms. The molecule has 0 aromatic rings. The van der Waals surface area contributed by atoms with Gasteiger partial charge in [0.1, 0.15) is 0 Å². The van der Waals surface area contributed by atoms with E-state index in [1.54, 1.807) is 17.0 Å². The summed E-state index contributed by atoms with van der Waals surface area (Å²) in [7, 11) is 0. The van der Waals surface area contributed by atoms with Gasteiger partial charge in [-0.05, 0) is 92.3 Å². The molecule has 0 amide bonds. The van der Waals surface area contributed by atoms with E-state index in [-0.39, 0.29) is 0 Å². The van der Waals surface area contributed by atoms with Crippen molar-refractivity contribution in [1.29, 1.82) is 0 Å². The van der Waals surface area contributed by atoms with Gasteiger partial charge in [-0.1, -0.05) is 31.1 Å². The van der Waals surface area contributed by atoms with Crippen LogP contribution in [0.15, 0.2) is 51.8 Å². The minimum absolute atomic E-state index is 0.583. The molecule has 0 radical (unpaired) electrons. The molecule has 152 valence electrons. The summed E-state index contributed by atoms with van der Waals surface area (Å²) in [6.45, 7) is 1.02. The predicted molar refractivity (Wildman–Crippen MR) is 118 cm³/mol. The lowest BCUT2D eigenvalue weighted by Gasteiger charge is -2.38. The van der Waals surface area contributed by atoms with Gasteiger partial charge in [-0.25, -0.2) is 0 Å². The Hall–Kier alpha value is -1.57. The zero-order valence-electron chi connectivity index (χ0n) is 17.6. The minimum atomic E-state index is 0.583. The SMILES string of the molecule is C1=CC2=CCC3=C4C(CCC3CC3[C@H]5CCCC[C@H]35)C3CN=CC=C3N4C2CC1. The molecule has 0 spiro atoms. The molecule has 0 aromatic heterocycles. The summed E-state index contributed by atoms with van der Waals surface area (Å²) in [5, 5.41) is 0. The third kappa shape index (κ3) is 2.50. The molecule has 7 rings (SSSR count). The molecule has 3 aliphatic heterocycles. The van der Waals surface area contributed by atoms with Gasteiger partial charge < -0.3 is 4.90 Å². The molecule has 4 aliphatic carbocycles. The molecular formula is C27H34N2. The standard InChI is InChI=1S/C27H34N2/c1-4-8-25-17(5-1)9-11-19-18(15-23-20-6-2-3-7-21(20)23)10-12-22-24-16-28-14-13-26(24)29(25)27(19)22/h1,5,9,13-14,18,20-25H,2-4,6-8,10-12,15-16H2/t18?,20-,21-,22?,24?,25?/m0/s1. The van der Waals surface area contributed by atoms with Crippen LogP contribution >= 0.6 is 0 Å². The molecule has 7 aliphatic rings. The van der Waals surface area contributed by atoms with Gasteiger partial charge in [0.05, 0.1) is 6.04 Å². The van der Waals surface area contributed by atoms with Crippen LogP contribution in [0, 0.1) is 35.5 Å². The van der Waals surface area contributed by atoms with Crippen molar-refractivity contribution in [1.82, 2.24) is 4.90 Å². The Labute approximate surface area is 175 Å². The van der Waals surface area contributed by atoms with Crippen molar-refractivity contribution in [2.24, 2.45) is 40.5 Å². The van der Waals surface area contributed by atoms with Gasteiger partial charge >= 0.3 is 0 Å². The molecule has 0 aromatic carbocycles. The van der Waals surface area contributed by atoms with Crippen LogP contribution < -0.4 is 0 Å². The Kier molecular flexibility index (Phi) is 3.82. The summed E-state index contributed by atoms with van der Waals surface area (Å²) in [6, 6.07) is 0.583. The topological polar surface area (TPSA) is 15.6 Å². The Morgan fingerprint density at radius 2 is 1.90 bits per heavy atom. The van der Waals surface area contributed by atoms with Crippen molar-refractivity contribution in [3.05, 3.63) is 46.8 Å². The average molecular weight is 387 g/mol. The maximum Gasteiger partial charge on any atom is 0.0585 e. The lowest BCUT2D eigenvalue weighted by Crippen LogP contribution is -2.35. The van der Waals surface area contributed by atoms with E-state index in [1.807, 2.05) is 5.57 Å². The van der Waals surface area contributed by atoms with E-state index in [1.165, 1.54) is 64.2 Å². The van der Waals surface area contributed by atoms with Crippen LogP contribution in [0.4, 0.5) is 0 Å². The summed E-state index contributed by atoms with van der Waals surface area (Å²) in [5.41, 5.74) is 6.81. The molecule has 2 saturated carbocycles. The average Bonchev–Trinajstić information content (AvgIpc) is 3.41. The first-order valence-electron chi connectivity index (χ1n) is 12.5. The van der Waals surface area contributed by atoms with Crippen LogP contribution in [0.1, 0.15) is 64.2 Å². The second-order valence-corrected chi connectivity index (χ2v) is 10.8. The van der Waals surface area contributed by atoms with E-state index in [2.05, 4.69) is 35.4 Å². The highest BCUT2D eigenvalue weighted by Gasteiger charge is 2.53. The molecular weight excluding hydrogens is 352 g/mol. The highest BCUT2D eigenvalue weighted by Crippen LogP contribution is 2.61. The van der Waals surface area contributed by atoms with E-state index >= 15 is 0 Å². The number of allylic oxidation sites excluding steroid dienone is 5. The maximum atomic E-state index is 4.70. The Morgan fingerprint density at radius 3 is 2.79 bits per heavy atom. The third-order valence-corrected chi connectivity index (χ3v) is 9.62. The molecule has 1 saturated heterocycles. The monoisotopic (exact) mass is 386 g/mol. The normalized spacial score (nSPS) is 44.3. The number of hydrogen-bond acceptors (Lipinski definition) is 2. The summed E-state index contributed by atoms with van der Waals surface area (Å²) < 4.78 is 0. The van der Waals surface area contributed by atoms with E-state index in [0.717, 1.165) is 36.1 Å². The lowest BCUT2D eigenvalue weighted by atomic mass is 9.73. The molecule has 3 heterocycles. The molecule has 0 N–H and O–H groups in total. The van der Waals surface area contributed by atoms with Gasteiger partial charge in [-0.2, -0.15) is 0 Å². The van der Waals surface area contributed by atoms with Crippen LogP contribution in [0.5, 0.6) is 0 Å². The fourth-order valence-corrected chi connectivity index (χ4v) is 8.28. The predicted octanol–water partition coefficient (Wildman–Crippen LogP) is 6.04. The van der Waals surface area contributed by atoms with Crippen molar-refractivity contribution in [3.8, 4) is 0 Å². The Morgan fingerprint density at radius 1 is 1.00 bits per heavy atom. The fraction of sp³-hybridized carbons (Fsp3) is 0.667. The van der Waals surface area contributed by atoms with Crippen molar-refractivity contribution in [3.63, 3.8) is 0 Å². The smallest absolute Gasteiger partial charge is 0.0585 e. The summed E-state index contributed by atoms with van der Waals surface area (Å²) in [6.07, 6.45) is 26.0. The third-order valence-electron chi connectivity index (χ3n) is 9.62. The lowest BCUT2D eigenvalue weighted by molar-refractivity contribution is 0.306. The molecule has 2 heteroatoms. The second kappa shape index (κ2) is 6.46. The summed E-state index contributed by atoms with van der Waals surface area (Å²) in [4.78, 5) is 7.55. The zero-order chi connectivity index (χ0) is 18.9. The van der Waals surface area contributed by atoms with Crippen LogP contribution in [0.2, 0.25) is 0 Å². The van der Waals surface area contributed by atoms with Gasteiger partial charge in [0.2, 0.25) is 0 Å².